The summed E-state index contributed by atoms with van der Waals surface area (Å²) >= 11 is 1.64. The monoisotopic (exact) mass is 269 g/mol. The van der Waals surface area contributed by atoms with Crippen LogP contribution in [0.4, 0.5) is 0 Å². The van der Waals surface area contributed by atoms with Gasteiger partial charge in [-0.25, -0.2) is 0 Å². The van der Waals surface area contributed by atoms with Crippen LogP contribution in [0, 0.1) is 13.8 Å². The SMILES string of the molecule is CCSCC(=O)NCCn1nc(C)c(CC)c1C. The third kappa shape index (κ3) is 4.05. The highest BCUT2D eigenvalue weighted by atomic mass is 32.2. The maximum Gasteiger partial charge on any atom is 0.230 e. The molecule has 1 amide bonds. The minimum absolute atomic E-state index is 0.110. The third-order valence-corrected chi connectivity index (χ3v) is 3.84. The number of aryl methyl sites for hydroxylation is 1. The van der Waals surface area contributed by atoms with Crippen molar-refractivity contribution in [1.29, 1.82) is 0 Å². The van der Waals surface area contributed by atoms with Gasteiger partial charge in [0.25, 0.3) is 0 Å². The highest BCUT2D eigenvalue weighted by Crippen LogP contribution is 2.12. The molecule has 0 spiro atoms. The number of rotatable bonds is 7. The second-order valence-corrected chi connectivity index (χ2v) is 5.49. The quantitative estimate of drug-likeness (QED) is 0.823. The van der Waals surface area contributed by atoms with Gasteiger partial charge in [0.1, 0.15) is 0 Å². The Morgan fingerprint density at radius 1 is 1.39 bits per heavy atom. The molecule has 1 aromatic heterocycles. The second-order valence-electron chi connectivity index (χ2n) is 4.21. The fourth-order valence-corrected chi connectivity index (χ4v) is 2.50. The summed E-state index contributed by atoms with van der Waals surface area (Å²) in [5, 5.41) is 7.42. The fraction of sp³-hybridized carbons (Fsp3) is 0.692. The molecule has 0 aliphatic rings. The number of carbonyl (C=O) groups excluding carboxylic acids is 1. The normalized spacial score (nSPS) is 10.7. The predicted molar refractivity (Wildman–Crippen MR) is 77.1 cm³/mol. The van der Waals surface area contributed by atoms with E-state index >= 15 is 0 Å². The number of carbonyl (C=O) groups is 1. The van der Waals surface area contributed by atoms with Crippen LogP contribution in [-0.4, -0.2) is 33.7 Å². The van der Waals surface area contributed by atoms with E-state index in [0.717, 1.165) is 24.4 Å². The van der Waals surface area contributed by atoms with E-state index in [1.807, 2.05) is 11.6 Å². The summed E-state index contributed by atoms with van der Waals surface area (Å²) in [7, 11) is 0. The Hall–Kier alpha value is -0.970. The summed E-state index contributed by atoms with van der Waals surface area (Å²) in [6, 6.07) is 0. The van der Waals surface area contributed by atoms with Crippen molar-refractivity contribution in [2.75, 3.05) is 18.1 Å². The van der Waals surface area contributed by atoms with Crippen molar-refractivity contribution in [2.45, 2.75) is 40.7 Å². The first-order chi connectivity index (χ1) is 8.60. The van der Waals surface area contributed by atoms with Gasteiger partial charge in [-0.1, -0.05) is 13.8 Å². The first-order valence-corrected chi connectivity index (χ1v) is 7.62. The molecule has 0 unspecified atom stereocenters. The van der Waals surface area contributed by atoms with Crippen molar-refractivity contribution in [2.24, 2.45) is 0 Å². The number of aromatic nitrogens is 2. The van der Waals surface area contributed by atoms with Crippen molar-refractivity contribution in [1.82, 2.24) is 15.1 Å². The van der Waals surface area contributed by atoms with Crippen molar-refractivity contribution in [3.63, 3.8) is 0 Å². The first-order valence-electron chi connectivity index (χ1n) is 6.47. The molecule has 0 saturated carbocycles. The van der Waals surface area contributed by atoms with Gasteiger partial charge in [-0.2, -0.15) is 16.9 Å². The molecule has 1 aromatic rings. The van der Waals surface area contributed by atoms with Crippen LogP contribution < -0.4 is 5.32 Å². The van der Waals surface area contributed by atoms with Gasteiger partial charge in [-0.15, -0.1) is 0 Å². The maximum atomic E-state index is 11.4. The highest BCUT2D eigenvalue weighted by molar-refractivity contribution is 7.99. The number of hydrogen-bond donors (Lipinski definition) is 1. The average Bonchev–Trinajstić information content (AvgIpc) is 2.61. The van der Waals surface area contributed by atoms with Crippen molar-refractivity contribution in [3.05, 3.63) is 17.0 Å². The second kappa shape index (κ2) is 7.46. The van der Waals surface area contributed by atoms with Gasteiger partial charge in [0.2, 0.25) is 5.91 Å². The molecule has 1 heterocycles. The van der Waals surface area contributed by atoms with Gasteiger partial charge in [-0.3, -0.25) is 9.48 Å². The Kier molecular flexibility index (Phi) is 6.25. The van der Waals surface area contributed by atoms with E-state index in [1.165, 1.54) is 11.3 Å². The lowest BCUT2D eigenvalue weighted by atomic mass is 10.1. The summed E-state index contributed by atoms with van der Waals surface area (Å²) in [6.07, 6.45) is 1.01. The van der Waals surface area contributed by atoms with E-state index in [1.54, 1.807) is 11.8 Å². The molecule has 0 fully saturated rings. The lowest BCUT2D eigenvalue weighted by Gasteiger charge is -2.07. The van der Waals surface area contributed by atoms with Gasteiger partial charge < -0.3 is 5.32 Å². The van der Waals surface area contributed by atoms with E-state index in [4.69, 9.17) is 0 Å². The maximum absolute atomic E-state index is 11.4. The van der Waals surface area contributed by atoms with E-state index in [-0.39, 0.29) is 5.91 Å². The molecular formula is C13H23N3OS. The van der Waals surface area contributed by atoms with Crippen LogP contribution in [0.15, 0.2) is 0 Å². The molecule has 4 nitrogen and oxygen atoms in total. The van der Waals surface area contributed by atoms with E-state index < -0.39 is 0 Å². The summed E-state index contributed by atoms with van der Waals surface area (Å²) in [5.74, 6) is 1.64. The Morgan fingerprint density at radius 2 is 2.11 bits per heavy atom. The van der Waals surface area contributed by atoms with Gasteiger partial charge in [0, 0.05) is 12.2 Å². The number of nitrogens with zero attached hydrogens (tertiary/aromatic N) is 2. The van der Waals surface area contributed by atoms with Crippen LogP contribution in [0.3, 0.4) is 0 Å². The van der Waals surface area contributed by atoms with E-state index in [2.05, 4.69) is 31.2 Å². The van der Waals surface area contributed by atoms with Crippen molar-refractivity contribution in [3.8, 4) is 0 Å². The largest absolute Gasteiger partial charge is 0.354 e. The molecule has 18 heavy (non-hydrogen) atoms. The number of hydrogen-bond acceptors (Lipinski definition) is 3. The Balaban J connectivity index is 2.42. The molecule has 0 radical (unpaired) electrons. The van der Waals surface area contributed by atoms with E-state index in [0.29, 0.717) is 12.3 Å². The van der Waals surface area contributed by atoms with Crippen LogP contribution in [0.25, 0.3) is 0 Å². The summed E-state index contributed by atoms with van der Waals surface area (Å²) in [5.41, 5.74) is 3.64. The molecule has 1 N–H and O–H groups in total. The molecule has 0 saturated heterocycles. The first kappa shape index (κ1) is 15.1. The lowest BCUT2D eigenvalue weighted by Crippen LogP contribution is -2.29. The number of amides is 1. The summed E-state index contributed by atoms with van der Waals surface area (Å²) < 4.78 is 1.99. The minimum Gasteiger partial charge on any atom is -0.354 e. The molecular weight excluding hydrogens is 246 g/mol. The number of thioether (sulfide) groups is 1. The van der Waals surface area contributed by atoms with Gasteiger partial charge in [0.05, 0.1) is 18.0 Å². The smallest absolute Gasteiger partial charge is 0.230 e. The summed E-state index contributed by atoms with van der Waals surface area (Å²) in [4.78, 5) is 11.4. The van der Waals surface area contributed by atoms with Gasteiger partial charge in [0.15, 0.2) is 0 Å². The van der Waals surface area contributed by atoms with Crippen molar-refractivity contribution < 1.29 is 4.79 Å². The van der Waals surface area contributed by atoms with Crippen LogP contribution >= 0.6 is 11.8 Å². The molecule has 0 aliphatic heterocycles. The minimum atomic E-state index is 0.110. The van der Waals surface area contributed by atoms with Crippen molar-refractivity contribution >= 4 is 17.7 Å². The summed E-state index contributed by atoms with van der Waals surface area (Å²) in [6.45, 7) is 9.72. The standard InChI is InChI=1S/C13H23N3OS/c1-5-12-10(3)15-16(11(12)4)8-7-14-13(17)9-18-6-2/h5-9H2,1-4H3,(H,14,17). The van der Waals surface area contributed by atoms with Crippen LogP contribution in [-0.2, 0) is 17.8 Å². The zero-order valence-electron chi connectivity index (χ0n) is 11.7. The van der Waals surface area contributed by atoms with Crippen LogP contribution in [0.1, 0.15) is 30.8 Å². The van der Waals surface area contributed by atoms with E-state index in [9.17, 15) is 4.79 Å². The molecule has 0 bridgehead atoms. The Bertz CT molecular complexity index is 401. The van der Waals surface area contributed by atoms with Gasteiger partial charge in [-0.05, 0) is 31.6 Å². The van der Waals surface area contributed by atoms with Crippen LogP contribution in [0.5, 0.6) is 0 Å². The Morgan fingerprint density at radius 3 is 2.67 bits per heavy atom. The molecule has 0 aromatic carbocycles. The molecule has 102 valence electrons. The third-order valence-electron chi connectivity index (χ3n) is 2.97. The molecule has 1 rings (SSSR count). The average molecular weight is 269 g/mol. The molecule has 0 aliphatic carbocycles. The Labute approximate surface area is 114 Å². The predicted octanol–water partition coefficient (Wildman–Crippen LogP) is 1.93. The fourth-order valence-electron chi connectivity index (χ4n) is 2.01. The van der Waals surface area contributed by atoms with Crippen LogP contribution in [0.2, 0.25) is 0 Å². The number of nitrogens with one attached hydrogen (secondary N) is 1. The zero-order valence-corrected chi connectivity index (χ0v) is 12.6. The lowest BCUT2D eigenvalue weighted by molar-refractivity contribution is -0.118. The molecule has 5 heteroatoms. The topological polar surface area (TPSA) is 46.9 Å². The molecule has 0 atom stereocenters. The van der Waals surface area contributed by atoms with Gasteiger partial charge >= 0.3 is 0 Å². The zero-order chi connectivity index (χ0) is 13.5. The highest BCUT2D eigenvalue weighted by Gasteiger charge is 2.09.